The van der Waals surface area contributed by atoms with Gasteiger partial charge in [0.2, 0.25) is 0 Å². The van der Waals surface area contributed by atoms with E-state index < -0.39 is 0 Å². The van der Waals surface area contributed by atoms with Crippen molar-refractivity contribution < 1.29 is 4.74 Å². The van der Waals surface area contributed by atoms with Gasteiger partial charge in [0.15, 0.2) is 0 Å². The second kappa shape index (κ2) is 7.48. The first-order valence-corrected chi connectivity index (χ1v) is 9.35. The highest BCUT2D eigenvalue weighted by molar-refractivity contribution is 5.95. The lowest BCUT2D eigenvalue weighted by atomic mass is 9.95. The first-order valence-electron chi connectivity index (χ1n) is 9.35. The summed E-state index contributed by atoms with van der Waals surface area (Å²) in [6.45, 7) is 0. The van der Waals surface area contributed by atoms with Crippen molar-refractivity contribution in [3.05, 3.63) is 58.6 Å². The number of ether oxygens (including phenoxy) is 1. The molecule has 5 heteroatoms. The Bertz CT molecular complexity index is 923. The summed E-state index contributed by atoms with van der Waals surface area (Å²) in [5.41, 5.74) is 3.67. The van der Waals surface area contributed by atoms with E-state index in [0.29, 0.717) is 11.4 Å². The Hall–Kier alpha value is -2.37. The number of fused-ring (bicyclic) bond motifs is 1. The molecule has 3 aromatic rings. The molecule has 2 heterocycles. The van der Waals surface area contributed by atoms with E-state index >= 15 is 0 Å². The van der Waals surface area contributed by atoms with E-state index in [2.05, 4.69) is 15.3 Å². The van der Waals surface area contributed by atoms with Gasteiger partial charge in [0.05, 0.1) is 10.9 Å². The van der Waals surface area contributed by atoms with E-state index in [1.54, 1.807) is 13.3 Å². The van der Waals surface area contributed by atoms with Crippen LogP contribution in [0, 0.1) is 0 Å². The molecule has 0 spiro atoms. The van der Waals surface area contributed by atoms with Gasteiger partial charge in [-0.25, -0.2) is 0 Å². The molecule has 0 aliphatic heterocycles. The monoisotopic (exact) mass is 351 g/mol. The maximum absolute atomic E-state index is 12.6. The van der Waals surface area contributed by atoms with Gasteiger partial charge in [-0.3, -0.25) is 10.1 Å². The largest absolute Gasteiger partial charge is 0.362 e. The van der Waals surface area contributed by atoms with Crippen LogP contribution in [0.5, 0.6) is 0 Å². The fourth-order valence-electron chi connectivity index (χ4n) is 4.00. The van der Waals surface area contributed by atoms with Crippen LogP contribution in [0.3, 0.4) is 0 Å². The minimum Gasteiger partial charge on any atom is -0.362 e. The zero-order valence-corrected chi connectivity index (χ0v) is 15.0. The third-order valence-electron chi connectivity index (χ3n) is 5.35. The van der Waals surface area contributed by atoms with Crippen LogP contribution in [0.25, 0.3) is 22.0 Å². The molecule has 0 radical (unpaired) electrons. The molecule has 2 aromatic heterocycles. The quantitative estimate of drug-likeness (QED) is 0.606. The Morgan fingerprint density at radius 2 is 1.85 bits per heavy atom. The van der Waals surface area contributed by atoms with Gasteiger partial charge in [-0.2, -0.15) is 0 Å². The number of aromatic nitrogens is 2. The molecule has 0 bridgehead atoms. The maximum atomic E-state index is 12.6. The summed E-state index contributed by atoms with van der Waals surface area (Å²) >= 11 is 0. The second-order valence-corrected chi connectivity index (χ2v) is 7.01. The molecule has 1 fully saturated rings. The zero-order valence-electron chi connectivity index (χ0n) is 15.0. The highest BCUT2D eigenvalue weighted by Crippen LogP contribution is 2.30. The number of H-pyrrole nitrogens is 2. The normalized spacial score (nSPS) is 16.8. The van der Waals surface area contributed by atoms with Crippen LogP contribution in [0.15, 0.2) is 47.5 Å². The average Bonchev–Trinajstić information content (AvgIpc) is 3.14. The summed E-state index contributed by atoms with van der Waals surface area (Å²) in [6.07, 6.45) is 9.51. The molecule has 0 amide bonds. The predicted octanol–water partition coefficient (Wildman–Crippen LogP) is 4.09. The van der Waals surface area contributed by atoms with Gasteiger partial charge >= 0.3 is 0 Å². The molecule has 26 heavy (non-hydrogen) atoms. The summed E-state index contributed by atoms with van der Waals surface area (Å²) < 4.78 is 5.72. The number of hydrogen-bond donors (Lipinski definition) is 3. The summed E-state index contributed by atoms with van der Waals surface area (Å²) in [5, 5.41) is 4.26. The Labute approximate surface area is 152 Å². The third-order valence-corrected chi connectivity index (χ3v) is 5.35. The number of pyridine rings is 1. The first-order chi connectivity index (χ1) is 12.8. The lowest BCUT2D eigenvalue weighted by Gasteiger charge is -2.27. The highest BCUT2D eigenvalue weighted by atomic mass is 16.5. The first kappa shape index (κ1) is 17.1. The van der Waals surface area contributed by atoms with E-state index in [1.807, 2.05) is 36.5 Å². The molecule has 1 aromatic carbocycles. The number of nitrogens with one attached hydrogen (secondary N) is 3. The summed E-state index contributed by atoms with van der Waals surface area (Å²) in [6, 6.07) is 10.5. The minimum atomic E-state index is -0.293. The standard InChI is InChI=1S/C21H25N3O2/c1-26-21(24-15-10-6-3-7-11-15)17-13-22-19-16(12-23-20(25)18(17)19)14-8-4-2-5-9-14/h2,4-5,8-9,12-13,15,21-22,24H,3,6-7,10-11H2,1H3,(H,23,25). The third kappa shape index (κ3) is 3.20. The number of hydrogen-bond acceptors (Lipinski definition) is 3. The zero-order chi connectivity index (χ0) is 17.9. The molecule has 136 valence electrons. The van der Waals surface area contributed by atoms with E-state index in [4.69, 9.17) is 4.74 Å². The van der Waals surface area contributed by atoms with Gasteiger partial charge in [0.1, 0.15) is 6.23 Å². The maximum Gasteiger partial charge on any atom is 0.257 e. The van der Waals surface area contributed by atoms with E-state index in [0.717, 1.165) is 35.0 Å². The van der Waals surface area contributed by atoms with Crippen molar-refractivity contribution in [1.29, 1.82) is 0 Å². The summed E-state index contributed by atoms with van der Waals surface area (Å²) in [5.74, 6) is 0. The van der Waals surface area contributed by atoms with Gasteiger partial charge in [-0.1, -0.05) is 49.6 Å². The van der Waals surface area contributed by atoms with Crippen LogP contribution in [-0.2, 0) is 4.74 Å². The van der Waals surface area contributed by atoms with E-state index in [-0.39, 0.29) is 11.8 Å². The minimum absolute atomic E-state index is 0.0941. The van der Waals surface area contributed by atoms with Gasteiger partial charge in [-0.15, -0.1) is 0 Å². The number of benzene rings is 1. The lowest BCUT2D eigenvalue weighted by Crippen LogP contribution is -2.35. The summed E-state index contributed by atoms with van der Waals surface area (Å²) in [7, 11) is 1.69. The molecular weight excluding hydrogens is 326 g/mol. The van der Waals surface area contributed by atoms with Crippen molar-refractivity contribution in [3.8, 4) is 11.1 Å². The highest BCUT2D eigenvalue weighted by Gasteiger charge is 2.23. The number of aromatic amines is 2. The smallest absolute Gasteiger partial charge is 0.257 e. The molecule has 1 atom stereocenters. The van der Waals surface area contributed by atoms with Gasteiger partial charge < -0.3 is 14.7 Å². The topological polar surface area (TPSA) is 69.9 Å². The van der Waals surface area contributed by atoms with Crippen LogP contribution < -0.4 is 10.9 Å². The van der Waals surface area contributed by atoms with Crippen LogP contribution in [-0.4, -0.2) is 23.1 Å². The average molecular weight is 351 g/mol. The molecule has 5 nitrogen and oxygen atoms in total. The van der Waals surface area contributed by atoms with Crippen molar-refractivity contribution in [3.63, 3.8) is 0 Å². The van der Waals surface area contributed by atoms with Crippen molar-refractivity contribution in [2.24, 2.45) is 0 Å². The van der Waals surface area contributed by atoms with Crippen LogP contribution in [0.2, 0.25) is 0 Å². The summed E-state index contributed by atoms with van der Waals surface area (Å²) in [4.78, 5) is 18.8. The van der Waals surface area contributed by atoms with E-state index in [1.165, 1.54) is 19.3 Å². The van der Waals surface area contributed by atoms with Crippen molar-refractivity contribution in [2.45, 2.75) is 44.4 Å². The van der Waals surface area contributed by atoms with Crippen molar-refractivity contribution in [1.82, 2.24) is 15.3 Å². The lowest BCUT2D eigenvalue weighted by molar-refractivity contribution is 0.0584. The fourth-order valence-corrected chi connectivity index (χ4v) is 4.00. The predicted molar refractivity (Wildman–Crippen MR) is 104 cm³/mol. The van der Waals surface area contributed by atoms with E-state index in [9.17, 15) is 4.79 Å². The molecule has 1 aliphatic rings. The fraction of sp³-hybridized carbons (Fsp3) is 0.381. The van der Waals surface area contributed by atoms with Gasteiger partial charge in [-0.05, 0) is 18.4 Å². The van der Waals surface area contributed by atoms with Gasteiger partial charge in [0, 0.05) is 36.7 Å². The number of rotatable bonds is 5. The second-order valence-electron chi connectivity index (χ2n) is 7.01. The van der Waals surface area contributed by atoms with Crippen molar-refractivity contribution >= 4 is 10.9 Å². The Balaban J connectivity index is 1.74. The SMILES string of the molecule is COC(NC1CCCCC1)c1c[nH]c2c(-c3ccccc3)c[nH]c(=O)c12. The Morgan fingerprint density at radius 3 is 2.58 bits per heavy atom. The molecule has 4 rings (SSSR count). The molecule has 1 aliphatic carbocycles. The molecule has 1 unspecified atom stereocenters. The number of methoxy groups -OCH3 is 1. The Kier molecular flexibility index (Phi) is 4.91. The molecule has 1 saturated carbocycles. The van der Waals surface area contributed by atoms with Crippen LogP contribution in [0.4, 0.5) is 0 Å². The molecule has 0 saturated heterocycles. The Morgan fingerprint density at radius 1 is 1.08 bits per heavy atom. The van der Waals surface area contributed by atoms with Crippen LogP contribution >= 0.6 is 0 Å². The molecule has 3 N–H and O–H groups in total. The van der Waals surface area contributed by atoms with Gasteiger partial charge in [0.25, 0.3) is 5.56 Å². The molecular formula is C21H25N3O2. The van der Waals surface area contributed by atoms with Crippen LogP contribution in [0.1, 0.15) is 43.9 Å². The van der Waals surface area contributed by atoms with Crippen molar-refractivity contribution in [2.75, 3.05) is 7.11 Å².